The van der Waals surface area contributed by atoms with E-state index < -0.39 is 0 Å². The SMILES string of the molecule is C=C(CN1CCC[C@H](Cc2cc3cc(Cl)ccc3s2)C1=O)N1CCCC1CN(C)CCC. The van der Waals surface area contributed by atoms with Crippen LogP contribution >= 0.6 is 22.9 Å². The van der Waals surface area contributed by atoms with Gasteiger partial charge in [0.1, 0.15) is 0 Å². The van der Waals surface area contributed by atoms with Crippen molar-refractivity contribution in [1.29, 1.82) is 0 Å². The summed E-state index contributed by atoms with van der Waals surface area (Å²) in [6, 6.07) is 8.77. The Balaban J connectivity index is 1.36. The molecule has 2 fully saturated rings. The molecular formula is C26H36ClN3OS. The number of likely N-dealkylation sites (N-methyl/N-ethyl adjacent to an activating group) is 1. The smallest absolute Gasteiger partial charge is 0.226 e. The van der Waals surface area contributed by atoms with E-state index in [1.807, 2.05) is 12.1 Å². The average molecular weight is 474 g/mol. The Bertz CT molecular complexity index is 958. The molecule has 0 aliphatic carbocycles. The first-order valence-corrected chi connectivity index (χ1v) is 13.2. The predicted octanol–water partition coefficient (Wildman–Crippen LogP) is 5.66. The molecule has 2 aliphatic rings. The Morgan fingerprint density at radius 3 is 2.88 bits per heavy atom. The topological polar surface area (TPSA) is 26.8 Å². The van der Waals surface area contributed by atoms with Gasteiger partial charge in [0, 0.05) is 51.9 Å². The number of likely N-dealkylation sites (tertiary alicyclic amines) is 2. The molecule has 4 nitrogen and oxygen atoms in total. The third-order valence-corrected chi connectivity index (χ3v) is 8.28. The summed E-state index contributed by atoms with van der Waals surface area (Å²) in [6.07, 6.45) is 6.50. The van der Waals surface area contributed by atoms with Crippen LogP contribution in [0.4, 0.5) is 0 Å². The van der Waals surface area contributed by atoms with Crippen LogP contribution in [-0.2, 0) is 11.2 Å². The summed E-state index contributed by atoms with van der Waals surface area (Å²) in [7, 11) is 2.21. The van der Waals surface area contributed by atoms with E-state index in [-0.39, 0.29) is 5.92 Å². The first kappa shape index (κ1) is 23.6. The molecule has 0 N–H and O–H groups in total. The predicted molar refractivity (Wildman–Crippen MR) is 136 cm³/mol. The number of amides is 1. The molecule has 174 valence electrons. The zero-order valence-electron chi connectivity index (χ0n) is 19.5. The first-order chi connectivity index (χ1) is 15.4. The van der Waals surface area contributed by atoms with Gasteiger partial charge < -0.3 is 14.7 Å². The van der Waals surface area contributed by atoms with Gasteiger partial charge in [-0.2, -0.15) is 0 Å². The zero-order valence-corrected chi connectivity index (χ0v) is 21.1. The van der Waals surface area contributed by atoms with Crippen molar-refractivity contribution in [1.82, 2.24) is 14.7 Å². The van der Waals surface area contributed by atoms with E-state index in [0.29, 0.717) is 18.5 Å². The van der Waals surface area contributed by atoms with Crippen molar-refractivity contribution in [2.24, 2.45) is 5.92 Å². The molecule has 6 heteroatoms. The second-order valence-corrected chi connectivity index (χ2v) is 11.1. The highest BCUT2D eigenvalue weighted by Crippen LogP contribution is 2.32. The Labute approximate surface area is 201 Å². The van der Waals surface area contributed by atoms with Crippen LogP contribution in [-0.4, -0.2) is 66.4 Å². The van der Waals surface area contributed by atoms with Gasteiger partial charge in [-0.1, -0.05) is 25.1 Å². The molecule has 2 aliphatic heterocycles. The minimum atomic E-state index is 0.0742. The maximum absolute atomic E-state index is 13.3. The highest BCUT2D eigenvalue weighted by Gasteiger charge is 2.32. The van der Waals surface area contributed by atoms with Crippen molar-refractivity contribution in [2.45, 2.75) is 51.5 Å². The maximum Gasteiger partial charge on any atom is 0.226 e. The summed E-state index contributed by atoms with van der Waals surface area (Å²) in [5, 5.41) is 1.94. The van der Waals surface area contributed by atoms with Crippen molar-refractivity contribution in [3.05, 3.63) is 46.4 Å². The molecule has 0 bridgehead atoms. The molecular weight excluding hydrogens is 438 g/mol. The lowest BCUT2D eigenvalue weighted by Crippen LogP contribution is -2.46. The molecule has 0 spiro atoms. The van der Waals surface area contributed by atoms with Crippen molar-refractivity contribution in [3.63, 3.8) is 0 Å². The minimum absolute atomic E-state index is 0.0742. The van der Waals surface area contributed by atoms with Crippen LogP contribution in [0.1, 0.15) is 43.9 Å². The van der Waals surface area contributed by atoms with Crippen molar-refractivity contribution in [3.8, 4) is 0 Å². The fourth-order valence-electron chi connectivity index (χ4n) is 5.37. The molecule has 1 amide bonds. The Hall–Kier alpha value is -1.56. The van der Waals surface area contributed by atoms with Crippen LogP contribution < -0.4 is 0 Å². The van der Waals surface area contributed by atoms with Crippen molar-refractivity contribution in [2.75, 3.05) is 39.8 Å². The molecule has 2 aromatic rings. The van der Waals surface area contributed by atoms with E-state index in [1.54, 1.807) is 11.3 Å². The molecule has 4 rings (SSSR count). The van der Waals surface area contributed by atoms with E-state index in [2.05, 4.69) is 47.4 Å². The van der Waals surface area contributed by atoms with Gasteiger partial charge in [0.15, 0.2) is 0 Å². The molecule has 32 heavy (non-hydrogen) atoms. The molecule has 0 radical (unpaired) electrons. The second-order valence-electron chi connectivity index (χ2n) is 9.52. The Kier molecular flexibility index (Phi) is 7.80. The lowest BCUT2D eigenvalue weighted by Gasteiger charge is -2.37. The standard InChI is InChI=1S/C26H36ClN3OS/c1-4-11-28(3)18-23-8-6-13-30(23)19(2)17-29-12-5-7-20(26(29)31)15-24-16-21-14-22(27)9-10-25(21)32-24/h9-10,14,16,20,23H,2,4-8,11-13,15,17-18H2,1,3H3/t20-,23?/m1/s1. The summed E-state index contributed by atoms with van der Waals surface area (Å²) in [6.45, 7) is 11.5. The van der Waals surface area contributed by atoms with Gasteiger partial charge in [0.2, 0.25) is 5.91 Å². The molecule has 1 aromatic heterocycles. The van der Waals surface area contributed by atoms with Crippen LogP contribution in [0.2, 0.25) is 5.02 Å². The van der Waals surface area contributed by atoms with Gasteiger partial charge in [0.25, 0.3) is 0 Å². The number of fused-ring (bicyclic) bond motifs is 1. The fraction of sp³-hybridized carbons (Fsp3) is 0.577. The minimum Gasteiger partial charge on any atom is -0.370 e. The summed E-state index contributed by atoms with van der Waals surface area (Å²) in [5.74, 6) is 0.372. The van der Waals surface area contributed by atoms with Crippen molar-refractivity contribution < 1.29 is 4.79 Å². The van der Waals surface area contributed by atoms with Gasteiger partial charge in [-0.05, 0) is 81.8 Å². The van der Waals surface area contributed by atoms with Gasteiger partial charge in [-0.25, -0.2) is 0 Å². The molecule has 1 unspecified atom stereocenters. The number of hydrogen-bond acceptors (Lipinski definition) is 4. The number of nitrogens with zero attached hydrogens (tertiary/aromatic N) is 3. The Morgan fingerprint density at radius 1 is 1.25 bits per heavy atom. The number of hydrogen-bond donors (Lipinski definition) is 0. The molecule has 0 saturated carbocycles. The highest BCUT2D eigenvalue weighted by atomic mass is 35.5. The lowest BCUT2D eigenvalue weighted by atomic mass is 9.93. The number of rotatable bonds is 9. The normalized spacial score (nSPS) is 21.8. The maximum atomic E-state index is 13.3. The van der Waals surface area contributed by atoms with E-state index in [9.17, 15) is 4.79 Å². The average Bonchev–Trinajstić information content (AvgIpc) is 3.37. The Morgan fingerprint density at radius 2 is 2.06 bits per heavy atom. The van der Waals surface area contributed by atoms with Crippen LogP contribution in [0.5, 0.6) is 0 Å². The van der Waals surface area contributed by atoms with E-state index in [1.165, 1.54) is 34.2 Å². The zero-order chi connectivity index (χ0) is 22.7. The summed E-state index contributed by atoms with van der Waals surface area (Å²) in [5.41, 5.74) is 1.11. The molecule has 1 aromatic carbocycles. The summed E-state index contributed by atoms with van der Waals surface area (Å²) < 4.78 is 1.24. The van der Waals surface area contributed by atoms with E-state index in [0.717, 1.165) is 56.2 Å². The van der Waals surface area contributed by atoms with Gasteiger partial charge >= 0.3 is 0 Å². The van der Waals surface area contributed by atoms with Crippen LogP contribution in [0.15, 0.2) is 36.5 Å². The van der Waals surface area contributed by atoms with Gasteiger partial charge in [-0.15, -0.1) is 11.3 Å². The number of carbonyl (C=O) groups is 1. The molecule has 3 heterocycles. The third-order valence-electron chi connectivity index (χ3n) is 6.90. The van der Waals surface area contributed by atoms with Gasteiger partial charge in [-0.3, -0.25) is 4.79 Å². The van der Waals surface area contributed by atoms with E-state index >= 15 is 0 Å². The monoisotopic (exact) mass is 473 g/mol. The number of thiophene rings is 1. The lowest BCUT2D eigenvalue weighted by molar-refractivity contribution is -0.138. The number of carbonyl (C=O) groups excluding carboxylic acids is 1. The highest BCUT2D eigenvalue weighted by molar-refractivity contribution is 7.19. The van der Waals surface area contributed by atoms with Crippen LogP contribution in [0.3, 0.4) is 0 Å². The van der Waals surface area contributed by atoms with Gasteiger partial charge in [0.05, 0.1) is 6.54 Å². The fourth-order valence-corrected chi connectivity index (χ4v) is 6.67. The second kappa shape index (κ2) is 10.6. The van der Waals surface area contributed by atoms with E-state index in [4.69, 9.17) is 11.6 Å². The van der Waals surface area contributed by atoms with Crippen molar-refractivity contribution >= 4 is 38.9 Å². The number of benzene rings is 1. The molecule has 2 atom stereocenters. The third kappa shape index (κ3) is 5.49. The quantitative estimate of drug-likeness (QED) is 0.470. The van der Waals surface area contributed by atoms with Crippen LogP contribution in [0, 0.1) is 5.92 Å². The first-order valence-electron chi connectivity index (χ1n) is 12.0. The largest absolute Gasteiger partial charge is 0.370 e. The summed E-state index contributed by atoms with van der Waals surface area (Å²) >= 11 is 7.93. The number of halogens is 1. The summed E-state index contributed by atoms with van der Waals surface area (Å²) in [4.78, 5) is 21.6. The van der Waals surface area contributed by atoms with Crippen LogP contribution in [0.25, 0.3) is 10.1 Å². The number of piperidine rings is 1. The molecule has 2 saturated heterocycles.